The number of methoxy groups -OCH3 is 1. The van der Waals surface area contributed by atoms with Gasteiger partial charge in [-0.05, 0) is 43.9 Å². The third-order valence-electron chi connectivity index (χ3n) is 4.52. The van der Waals surface area contributed by atoms with E-state index in [4.69, 9.17) is 9.73 Å². The summed E-state index contributed by atoms with van der Waals surface area (Å²) in [7, 11) is 0.970. The molecule has 7 heteroatoms. The number of benzene rings is 1. The summed E-state index contributed by atoms with van der Waals surface area (Å²) in [4.78, 5) is 4.71. The van der Waals surface area contributed by atoms with Gasteiger partial charge in [0.15, 0.2) is 5.96 Å². The van der Waals surface area contributed by atoms with E-state index in [1.807, 2.05) is 25.1 Å². The number of hydrogen-bond acceptors (Lipinski definition) is 3. The molecule has 1 aliphatic rings. The molecule has 5 nitrogen and oxygen atoms in total. The first kappa shape index (κ1) is 23.2. The van der Waals surface area contributed by atoms with Gasteiger partial charge >= 0.3 is 0 Å². The zero-order valence-corrected chi connectivity index (χ0v) is 19.1. The van der Waals surface area contributed by atoms with Gasteiger partial charge in [0, 0.05) is 34.4 Å². The summed E-state index contributed by atoms with van der Waals surface area (Å²) in [5.74, 6) is 2.43. The number of ether oxygens (including phenoxy) is 1. The molecule has 1 aliphatic carbocycles. The Balaban J connectivity index is 0.00000338. The van der Waals surface area contributed by atoms with Gasteiger partial charge in [0.05, 0.1) is 13.7 Å². The lowest BCUT2D eigenvalue weighted by Gasteiger charge is -2.30. The number of hydrogen-bond donors (Lipinski definition) is 2. The molecule has 0 spiro atoms. The SMILES string of the molecule is CCNC(=NCc1cccc(OC)c1)NC1CCCC(S(=O)CC)C1.I. The summed E-state index contributed by atoms with van der Waals surface area (Å²) in [5, 5.41) is 7.17. The minimum atomic E-state index is -0.704. The average Bonchev–Trinajstić information content (AvgIpc) is 2.66. The van der Waals surface area contributed by atoms with Gasteiger partial charge in [0.1, 0.15) is 5.75 Å². The maximum atomic E-state index is 12.1. The Morgan fingerprint density at radius 1 is 1.35 bits per heavy atom. The van der Waals surface area contributed by atoms with Crippen LogP contribution in [0, 0.1) is 0 Å². The molecule has 0 saturated heterocycles. The van der Waals surface area contributed by atoms with Crippen LogP contribution in [-0.4, -0.2) is 40.9 Å². The Bertz CT molecular complexity index is 598. The fourth-order valence-electron chi connectivity index (χ4n) is 3.21. The average molecular weight is 493 g/mol. The smallest absolute Gasteiger partial charge is 0.191 e. The lowest BCUT2D eigenvalue weighted by molar-refractivity contribution is 0.413. The third-order valence-corrected chi connectivity index (χ3v) is 6.26. The number of rotatable bonds is 7. The third kappa shape index (κ3) is 7.42. The van der Waals surface area contributed by atoms with Gasteiger partial charge in [-0.2, -0.15) is 0 Å². The van der Waals surface area contributed by atoms with Gasteiger partial charge in [0.25, 0.3) is 0 Å². The van der Waals surface area contributed by atoms with Crippen molar-refractivity contribution in [3.05, 3.63) is 29.8 Å². The van der Waals surface area contributed by atoms with Gasteiger partial charge in [-0.25, -0.2) is 4.99 Å². The number of nitrogens with zero attached hydrogens (tertiary/aromatic N) is 1. The highest BCUT2D eigenvalue weighted by Crippen LogP contribution is 2.23. The van der Waals surface area contributed by atoms with Crippen molar-refractivity contribution < 1.29 is 8.95 Å². The highest BCUT2D eigenvalue weighted by atomic mass is 127. The molecule has 1 aromatic carbocycles. The van der Waals surface area contributed by atoms with E-state index >= 15 is 0 Å². The van der Waals surface area contributed by atoms with Crippen LogP contribution in [0.4, 0.5) is 0 Å². The Morgan fingerprint density at radius 2 is 2.15 bits per heavy atom. The van der Waals surface area contributed by atoms with Crippen LogP contribution in [0.1, 0.15) is 45.1 Å². The number of nitrogens with one attached hydrogen (secondary N) is 2. The predicted octanol–water partition coefficient (Wildman–Crippen LogP) is 3.45. The van der Waals surface area contributed by atoms with Crippen molar-refractivity contribution in [2.45, 2.75) is 57.4 Å². The topological polar surface area (TPSA) is 62.7 Å². The van der Waals surface area contributed by atoms with E-state index in [1.54, 1.807) is 7.11 Å². The van der Waals surface area contributed by atoms with Gasteiger partial charge in [0.2, 0.25) is 0 Å². The second kappa shape index (κ2) is 12.5. The van der Waals surface area contributed by atoms with Crippen molar-refractivity contribution in [1.29, 1.82) is 0 Å². The molecule has 0 heterocycles. The molecule has 0 bridgehead atoms. The molecule has 0 amide bonds. The number of halogens is 1. The van der Waals surface area contributed by atoms with Crippen LogP contribution in [-0.2, 0) is 17.3 Å². The second-order valence-electron chi connectivity index (χ2n) is 6.35. The zero-order valence-electron chi connectivity index (χ0n) is 16.0. The van der Waals surface area contributed by atoms with Gasteiger partial charge in [-0.15, -0.1) is 24.0 Å². The van der Waals surface area contributed by atoms with Crippen LogP contribution in [0.25, 0.3) is 0 Å². The van der Waals surface area contributed by atoms with Crippen molar-refractivity contribution in [2.24, 2.45) is 4.99 Å². The molecule has 0 aromatic heterocycles. The largest absolute Gasteiger partial charge is 0.497 e. The van der Waals surface area contributed by atoms with E-state index in [0.717, 1.165) is 55.3 Å². The minimum absolute atomic E-state index is 0. The maximum Gasteiger partial charge on any atom is 0.191 e. The Morgan fingerprint density at radius 3 is 2.85 bits per heavy atom. The minimum Gasteiger partial charge on any atom is -0.497 e. The fraction of sp³-hybridized carbons (Fsp3) is 0.632. The summed E-state index contributed by atoms with van der Waals surface area (Å²) < 4.78 is 17.4. The monoisotopic (exact) mass is 493 g/mol. The lowest BCUT2D eigenvalue weighted by Crippen LogP contribution is -2.46. The zero-order chi connectivity index (χ0) is 18.1. The van der Waals surface area contributed by atoms with Gasteiger partial charge in [-0.3, -0.25) is 4.21 Å². The number of guanidine groups is 1. The molecule has 1 aromatic rings. The Kier molecular flexibility index (Phi) is 11.2. The first-order valence-corrected chi connectivity index (χ1v) is 10.6. The maximum absolute atomic E-state index is 12.1. The van der Waals surface area contributed by atoms with Crippen LogP contribution in [0.15, 0.2) is 29.3 Å². The highest BCUT2D eigenvalue weighted by Gasteiger charge is 2.25. The van der Waals surface area contributed by atoms with Crippen molar-refractivity contribution in [2.75, 3.05) is 19.4 Å². The van der Waals surface area contributed by atoms with Crippen molar-refractivity contribution >= 4 is 40.7 Å². The Labute approximate surface area is 177 Å². The predicted molar refractivity (Wildman–Crippen MR) is 121 cm³/mol. The summed E-state index contributed by atoms with van der Waals surface area (Å²) in [6.07, 6.45) is 4.28. The lowest BCUT2D eigenvalue weighted by atomic mass is 9.95. The molecule has 148 valence electrons. The van der Waals surface area contributed by atoms with E-state index in [2.05, 4.69) is 23.6 Å². The molecule has 0 aliphatic heterocycles. The van der Waals surface area contributed by atoms with Crippen LogP contribution in [0.3, 0.4) is 0 Å². The first-order valence-electron chi connectivity index (χ1n) is 9.21. The van der Waals surface area contributed by atoms with E-state index in [-0.39, 0.29) is 24.0 Å². The molecule has 3 atom stereocenters. The van der Waals surface area contributed by atoms with E-state index in [9.17, 15) is 4.21 Å². The van der Waals surface area contributed by atoms with Gasteiger partial charge in [-0.1, -0.05) is 25.5 Å². The summed E-state index contributed by atoms with van der Waals surface area (Å²) in [6.45, 7) is 5.50. The molecule has 1 fully saturated rings. The number of aliphatic imine (C=N–C) groups is 1. The molecule has 26 heavy (non-hydrogen) atoms. The van der Waals surface area contributed by atoms with E-state index < -0.39 is 10.8 Å². The van der Waals surface area contributed by atoms with Crippen LogP contribution < -0.4 is 15.4 Å². The second-order valence-corrected chi connectivity index (χ2v) is 8.35. The van der Waals surface area contributed by atoms with Gasteiger partial charge < -0.3 is 15.4 Å². The van der Waals surface area contributed by atoms with E-state index in [0.29, 0.717) is 17.8 Å². The Hall–Kier alpha value is -0.830. The van der Waals surface area contributed by atoms with Crippen LogP contribution in [0.5, 0.6) is 5.75 Å². The normalized spacial score (nSPS) is 21.4. The van der Waals surface area contributed by atoms with Crippen molar-refractivity contribution in [3.63, 3.8) is 0 Å². The quantitative estimate of drug-likeness (QED) is 0.347. The molecular formula is C19H32IN3O2S. The summed E-state index contributed by atoms with van der Waals surface area (Å²) in [6, 6.07) is 8.32. The van der Waals surface area contributed by atoms with Crippen LogP contribution in [0.2, 0.25) is 0 Å². The van der Waals surface area contributed by atoms with Crippen molar-refractivity contribution in [3.8, 4) is 5.75 Å². The molecule has 2 N–H and O–H groups in total. The fourth-order valence-corrected chi connectivity index (χ4v) is 4.55. The molecular weight excluding hydrogens is 461 g/mol. The standard InChI is InChI=1S/C19H31N3O2S.HI/c1-4-20-19(21-14-15-8-6-10-17(12-15)24-3)22-16-9-7-11-18(13-16)25(23)5-2;/h6,8,10,12,16,18H,4-5,7,9,11,13-14H2,1-3H3,(H2,20,21,22);1H. The first-order chi connectivity index (χ1) is 12.2. The molecule has 0 radical (unpaired) electrons. The van der Waals surface area contributed by atoms with Crippen LogP contribution >= 0.6 is 24.0 Å². The molecule has 2 rings (SSSR count). The summed E-state index contributed by atoms with van der Waals surface area (Å²) >= 11 is 0. The molecule has 1 saturated carbocycles. The highest BCUT2D eigenvalue weighted by molar-refractivity contribution is 14.0. The molecule has 3 unspecified atom stereocenters. The van der Waals surface area contributed by atoms with E-state index in [1.165, 1.54) is 0 Å². The van der Waals surface area contributed by atoms with Crippen molar-refractivity contribution in [1.82, 2.24) is 10.6 Å². The summed E-state index contributed by atoms with van der Waals surface area (Å²) in [5.41, 5.74) is 1.12.